The Bertz CT molecular complexity index is 366. The predicted molar refractivity (Wildman–Crippen MR) is 69.6 cm³/mol. The van der Waals surface area contributed by atoms with Gasteiger partial charge in [-0.1, -0.05) is 0 Å². The summed E-state index contributed by atoms with van der Waals surface area (Å²) in [4.78, 5) is 2.59. The zero-order valence-corrected chi connectivity index (χ0v) is 11.0. The molecule has 4 heteroatoms. The summed E-state index contributed by atoms with van der Waals surface area (Å²) >= 11 is 0. The molecule has 18 heavy (non-hydrogen) atoms. The molecule has 100 valence electrons. The summed E-state index contributed by atoms with van der Waals surface area (Å²) in [5, 5.41) is 3.40. The number of nitrogens with zero attached hydrogens (tertiary/aromatic N) is 1. The molecule has 1 aromatic rings. The standard InChI is InChI=1S/C14H22N2O2/c1-15-13(7-11-4-6-17-9-11)14-8-16-5-2-3-12(16)10-18-14/h4,6,9,12-15H,2-3,5,7-8,10H2,1H3. The van der Waals surface area contributed by atoms with E-state index in [0.29, 0.717) is 18.2 Å². The van der Waals surface area contributed by atoms with Crippen LogP contribution in [-0.2, 0) is 11.2 Å². The number of likely N-dealkylation sites (N-methyl/N-ethyl adjacent to an activating group) is 1. The smallest absolute Gasteiger partial charge is 0.0935 e. The summed E-state index contributed by atoms with van der Waals surface area (Å²) in [5.41, 5.74) is 1.24. The second-order valence-corrected chi connectivity index (χ2v) is 5.39. The topological polar surface area (TPSA) is 37.6 Å². The molecule has 3 heterocycles. The fourth-order valence-corrected chi connectivity index (χ4v) is 3.17. The lowest BCUT2D eigenvalue weighted by Crippen LogP contribution is -2.54. The second kappa shape index (κ2) is 5.43. The van der Waals surface area contributed by atoms with E-state index >= 15 is 0 Å². The molecule has 3 atom stereocenters. The highest BCUT2D eigenvalue weighted by Crippen LogP contribution is 2.24. The van der Waals surface area contributed by atoms with E-state index in [1.165, 1.54) is 24.9 Å². The summed E-state index contributed by atoms with van der Waals surface area (Å²) in [7, 11) is 2.02. The number of morpholine rings is 1. The van der Waals surface area contributed by atoms with Gasteiger partial charge in [0.2, 0.25) is 0 Å². The molecule has 2 fully saturated rings. The van der Waals surface area contributed by atoms with Gasteiger partial charge < -0.3 is 14.5 Å². The van der Waals surface area contributed by atoms with Crippen LogP contribution in [0.5, 0.6) is 0 Å². The first kappa shape index (κ1) is 12.2. The Balaban J connectivity index is 1.61. The molecule has 3 unspecified atom stereocenters. The number of fused-ring (bicyclic) bond motifs is 1. The van der Waals surface area contributed by atoms with Gasteiger partial charge in [0.05, 0.1) is 25.2 Å². The van der Waals surface area contributed by atoms with Crippen molar-refractivity contribution in [3.05, 3.63) is 24.2 Å². The Morgan fingerprint density at radius 2 is 2.50 bits per heavy atom. The van der Waals surface area contributed by atoms with Gasteiger partial charge in [-0.2, -0.15) is 0 Å². The average molecular weight is 250 g/mol. The van der Waals surface area contributed by atoms with Crippen molar-refractivity contribution in [2.45, 2.75) is 37.5 Å². The first-order chi connectivity index (χ1) is 8.86. The fourth-order valence-electron chi connectivity index (χ4n) is 3.17. The average Bonchev–Trinajstić information content (AvgIpc) is 3.06. The molecular weight excluding hydrogens is 228 g/mol. The van der Waals surface area contributed by atoms with Gasteiger partial charge >= 0.3 is 0 Å². The molecule has 0 saturated carbocycles. The second-order valence-electron chi connectivity index (χ2n) is 5.39. The Hall–Kier alpha value is -0.840. The summed E-state index contributed by atoms with van der Waals surface area (Å²) in [6.45, 7) is 3.20. The van der Waals surface area contributed by atoms with Crippen LogP contribution < -0.4 is 5.32 Å². The van der Waals surface area contributed by atoms with Gasteiger partial charge in [-0.15, -0.1) is 0 Å². The summed E-state index contributed by atoms with van der Waals surface area (Å²) < 4.78 is 11.2. The minimum atomic E-state index is 0.291. The van der Waals surface area contributed by atoms with E-state index in [1.54, 1.807) is 6.26 Å². The molecular formula is C14H22N2O2. The maximum atomic E-state index is 6.06. The molecule has 2 aliphatic heterocycles. The van der Waals surface area contributed by atoms with Crippen LogP contribution in [0.1, 0.15) is 18.4 Å². The third-order valence-electron chi connectivity index (χ3n) is 4.27. The van der Waals surface area contributed by atoms with Crippen LogP contribution in [0.25, 0.3) is 0 Å². The number of furan rings is 1. The van der Waals surface area contributed by atoms with Crippen molar-refractivity contribution < 1.29 is 9.15 Å². The number of nitrogens with one attached hydrogen (secondary N) is 1. The minimum absolute atomic E-state index is 0.291. The van der Waals surface area contributed by atoms with E-state index in [0.717, 1.165) is 19.6 Å². The molecule has 4 nitrogen and oxygen atoms in total. The molecule has 0 aromatic carbocycles. The molecule has 1 aromatic heterocycles. The molecule has 0 bridgehead atoms. The van der Waals surface area contributed by atoms with Crippen LogP contribution in [0.15, 0.2) is 23.0 Å². The van der Waals surface area contributed by atoms with E-state index < -0.39 is 0 Å². The van der Waals surface area contributed by atoms with E-state index in [1.807, 2.05) is 19.4 Å². The van der Waals surface area contributed by atoms with Crippen LogP contribution in [-0.4, -0.2) is 49.8 Å². The van der Waals surface area contributed by atoms with Gasteiger partial charge in [0.15, 0.2) is 0 Å². The largest absolute Gasteiger partial charge is 0.472 e. The van der Waals surface area contributed by atoms with Gasteiger partial charge in [-0.05, 0) is 44.5 Å². The van der Waals surface area contributed by atoms with E-state index in [2.05, 4.69) is 10.2 Å². The monoisotopic (exact) mass is 250 g/mol. The lowest BCUT2D eigenvalue weighted by atomic mass is 10.0. The molecule has 0 aliphatic carbocycles. The molecule has 2 saturated heterocycles. The van der Waals surface area contributed by atoms with Crippen LogP contribution >= 0.6 is 0 Å². The molecule has 0 amide bonds. The van der Waals surface area contributed by atoms with Crippen molar-refractivity contribution in [1.29, 1.82) is 0 Å². The Morgan fingerprint density at radius 3 is 3.28 bits per heavy atom. The van der Waals surface area contributed by atoms with Gasteiger partial charge in [0.25, 0.3) is 0 Å². The van der Waals surface area contributed by atoms with E-state index in [9.17, 15) is 0 Å². The van der Waals surface area contributed by atoms with Crippen molar-refractivity contribution in [2.24, 2.45) is 0 Å². The highest BCUT2D eigenvalue weighted by molar-refractivity contribution is 5.08. The summed E-state index contributed by atoms with van der Waals surface area (Å²) in [6, 6.07) is 3.07. The summed E-state index contributed by atoms with van der Waals surface area (Å²) in [6.07, 6.45) is 7.45. The molecule has 3 rings (SSSR count). The molecule has 0 spiro atoms. The zero-order valence-electron chi connectivity index (χ0n) is 11.0. The van der Waals surface area contributed by atoms with Crippen molar-refractivity contribution in [2.75, 3.05) is 26.7 Å². The lowest BCUT2D eigenvalue weighted by molar-refractivity contribution is -0.0634. The first-order valence-corrected chi connectivity index (χ1v) is 6.91. The highest BCUT2D eigenvalue weighted by Gasteiger charge is 2.35. The first-order valence-electron chi connectivity index (χ1n) is 6.91. The highest BCUT2D eigenvalue weighted by atomic mass is 16.5. The van der Waals surface area contributed by atoms with Gasteiger partial charge in [-0.3, -0.25) is 4.90 Å². The Morgan fingerprint density at radius 1 is 1.56 bits per heavy atom. The van der Waals surface area contributed by atoms with Crippen molar-refractivity contribution in [3.8, 4) is 0 Å². The number of hydrogen-bond acceptors (Lipinski definition) is 4. The van der Waals surface area contributed by atoms with Crippen LogP contribution in [0, 0.1) is 0 Å². The summed E-state index contributed by atoms with van der Waals surface area (Å²) in [5.74, 6) is 0. The Kier molecular flexibility index (Phi) is 3.68. The fraction of sp³-hybridized carbons (Fsp3) is 0.714. The Labute approximate surface area is 108 Å². The van der Waals surface area contributed by atoms with Gasteiger partial charge in [0, 0.05) is 18.6 Å². The zero-order chi connectivity index (χ0) is 12.4. The maximum Gasteiger partial charge on any atom is 0.0935 e. The molecule has 1 N–H and O–H groups in total. The third kappa shape index (κ3) is 2.46. The van der Waals surface area contributed by atoms with Gasteiger partial charge in [0.1, 0.15) is 0 Å². The van der Waals surface area contributed by atoms with Crippen molar-refractivity contribution >= 4 is 0 Å². The SMILES string of the molecule is CNC(Cc1ccoc1)C1CN2CCCC2CO1. The molecule has 2 aliphatic rings. The number of ether oxygens (including phenoxy) is 1. The lowest BCUT2D eigenvalue weighted by Gasteiger charge is -2.38. The van der Waals surface area contributed by atoms with E-state index in [4.69, 9.17) is 9.15 Å². The normalized spacial score (nSPS) is 30.3. The molecule has 0 radical (unpaired) electrons. The van der Waals surface area contributed by atoms with Crippen LogP contribution in [0.3, 0.4) is 0 Å². The third-order valence-corrected chi connectivity index (χ3v) is 4.27. The quantitative estimate of drug-likeness (QED) is 0.873. The van der Waals surface area contributed by atoms with E-state index in [-0.39, 0.29) is 0 Å². The minimum Gasteiger partial charge on any atom is -0.472 e. The number of hydrogen-bond donors (Lipinski definition) is 1. The van der Waals surface area contributed by atoms with Crippen molar-refractivity contribution in [1.82, 2.24) is 10.2 Å². The van der Waals surface area contributed by atoms with Gasteiger partial charge in [-0.25, -0.2) is 0 Å². The van der Waals surface area contributed by atoms with Crippen LogP contribution in [0.2, 0.25) is 0 Å². The maximum absolute atomic E-state index is 6.06. The van der Waals surface area contributed by atoms with Crippen molar-refractivity contribution in [3.63, 3.8) is 0 Å². The van der Waals surface area contributed by atoms with Crippen LogP contribution in [0.4, 0.5) is 0 Å². The predicted octanol–water partition coefficient (Wildman–Crippen LogP) is 1.27. The number of rotatable bonds is 4.